The second-order valence-electron chi connectivity index (χ2n) is 11.3. The van der Waals surface area contributed by atoms with Crippen LogP contribution in [0.1, 0.15) is 23.2 Å². The third-order valence-corrected chi connectivity index (χ3v) is 9.11. The van der Waals surface area contributed by atoms with Crippen molar-refractivity contribution in [3.63, 3.8) is 0 Å². The number of H-pyrrole nitrogens is 1. The SMILES string of the molecule is CNc1cc(F)c(F)c2c1[nH]c1ncc(-c3cnc4c(c3)c(=O)c(C(=O)O)cn4NC)c(N3CC[C@@H]4CCN(C)[C@@H]4C3)c12. The van der Waals surface area contributed by atoms with E-state index in [1.807, 2.05) is 0 Å². The van der Waals surface area contributed by atoms with E-state index in [4.69, 9.17) is 0 Å². The van der Waals surface area contributed by atoms with Crippen molar-refractivity contribution in [3.8, 4) is 11.1 Å². The topological polar surface area (TPSA) is 131 Å². The average Bonchev–Trinajstić information content (AvgIpc) is 3.59. The van der Waals surface area contributed by atoms with Crippen LogP contribution in [-0.4, -0.2) is 82.4 Å². The molecule has 0 radical (unpaired) electrons. The van der Waals surface area contributed by atoms with E-state index in [1.165, 1.54) is 10.9 Å². The number of aromatic nitrogens is 4. The molecule has 222 valence electrons. The first-order valence-electron chi connectivity index (χ1n) is 14.1. The smallest absolute Gasteiger partial charge is 0.341 e. The molecule has 2 saturated heterocycles. The summed E-state index contributed by atoms with van der Waals surface area (Å²) in [7, 11) is 5.34. The maximum atomic E-state index is 15.7. The zero-order valence-electron chi connectivity index (χ0n) is 23.8. The van der Waals surface area contributed by atoms with Gasteiger partial charge in [0.2, 0.25) is 5.43 Å². The number of nitrogens with zero attached hydrogens (tertiary/aromatic N) is 5. The number of likely N-dealkylation sites (tertiary alicyclic amines) is 1. The summed E-state index contributed by atoms with van der Waals surface area (Å²) in [6, 6.07) is 3.00. The van der Waals surface area contributed by atoms with Crippen molar-refractivity contribution in [2.45, 2.75) is 18.9 Å². The monoisotopic (exact) mass is 588 g/mol. The van der Waals surface area contributed by atoms with Crippen LogP contribution < -0.4 is 21.1 Å². The first-order chi connectivity index (χ1) is 20.7. The van der Waals surface area contributed by atoms with E-state index in [9.17, 15) is 19.1 Å². The first-order valence-corrected chi connectivity index (χ1v) is 14.1. The second-order valence-corrected chi connectivity index (χ2v) is 11.3. The summed E-state index contributed by atoms with van der Waals surface area (Å²) in [6.45, 7) is 2.37. The van der Waals surface area contributed by atoms with Crippen LogP contribution in [0.25, 0.3) is 44.1 Å². The van der Waals surface area contributed by atoms with E-state index < -0.39 is 28.6 Å². The molecule has 2 aliphatic heterocycles. The van der Waals surface area contributed by atoms with Gasteiger partial charge in [0.1, 0.15) is 11.2 Å². The predicted octanol–water partition coefficient (Wildman–Crippen LogP) is 3.81. The summed E-state index contributed by atoms with van der Waals surface area (Å²) in [5.74, 6) is -2.77. The van der Waals surface area contributed by atoms with E-state index >= 15 is 4.39 Å². The second kappa shape index (κ2) is 9.90. The van der Waals surface area contributed by atoms with Gasteiger partial charge >= 0.3 is 5.97 Å². The number of fused-ring (bicyclic) bond motifs is 5. The fourth-order valence-electron chi connectivity index (χ4n) is 6.91. The quantitative estimate of drug-likeness (QED) is 0.242. The van der Waals surface area contributed by atoms with Crippen LogP contribution in [0.4, 0.5) is 20.2 Å². The molecule has 1 aromatic carbocycles. The van der Waals surface area contributed by atoms with Crippen molar-refractivity contribution in [1.29, 1.82) is 0 Å². The molecule has 6 heterocycles. The lowest BCUT2D eigenvalue weighted by Crippen LogP contribution is -2.47. The number of rotatable bonds is 5. The molecule has 0 saturated carbocycles. The van der Waals surface area contributed by atoms with Gasteiger partial charge in [-0.25, -0.2) is 28.2 Å². The van der Waals surface area contributed by atoms with Crippen molar-refractivity contribution in [2.24, 2.45) is 5.92 Å². The number of hydrogen-bond donors (Lipinski definition) is 4. The van der Waals surface area contributed by atoms with Crippen LogP contribution in [-0.2, 0) is 0 Å². The molecule has 43 heavy (non-hydrogen) atoms. The van der Waals surface area contributed by atoms with Crippen LogP contribution >= 0.6 is 0 Å². The van der Waals surface area contributed by atoms with Gasteiger partial charge in [0.05, 0.1) is 33.1 Å². The van der Waals surface area contributed by atoms with Crippen molar-refractivity contribution in [2.75, 3.05) is 56.4 Å². The van der Waals surface area contributed by atoms with Gasteiger partial charge in [-0.3, -0.25) is 4.79 Å². The molecule has 2 aliphatic rings. The number of likely N-dealkylation sites (N-methyl/N-ethyl adjacent to an activating group) is 1. The molecule has 0 aliphatic carbocycles. The number of carboxylic acid groups (broad SMARTS) is 1. The van der Waals surface area contributed by atoms with Gasteiger partial charge in [-0.2, -0.15) is 0 Å². The molecule has 0 unspecified atom stereocenters. The molecule has 2 atom stereocenters. The number of aromatic carboxylic acids is 1. The predicted molar refractivity (Wildman–Crippen MR) is 162 cm³/mol. The van der Waals surface area contributed by atoms with Gasteiger partial charge in [0.15, 0.2) is 17.3 Å². The lowest BCUT2D eigenvalue weighted by molar-refractivity contribution is 0.0695. The Balaban J connectivity index is 1.54. The van der Waals surface area contributed by atoms with Crippen LogP contribution in [0.5, 0.6) is 0 Å². The van der Waals surface area contributed by atoms with Crippen LogP contribution in [0, 0.1) is 17.6 Å². The Morgan fingerprint density at radius 2 is 1.91 bits per heavy atom. The molecule has 4 N–H and O–H groups in total. The molecular weight excluding hydrogens is 558 g/mol. The minimum atomic E-state index is -1.36. The lowest BCUT2D eigenvalue weighted by Gasteiger charge is -2.39. The summed E-state index contributed by atoms with van der Waals surface area (Å²) >= 11 is 0. The van der Waals surface area contributed by atoms with E-state index in [2.05, 4.69) is 42.5 Å². The van der Waals surface area contributed by atoms with E-state index in [0.717, 1.165) is 25.5 Å². The molecule has 2 fully saturated rings. The van der Waals surface area contributed by atoms with Crippen LogP contribution in [0.2, 0.25) is 0 Å². The molecule has 0 spiro atoms. The number of carbonyl (C=O) groups is 1. The van der Waals surface area contributed by atoms with Gasteiger partial charge in [-0.1, -0.05) is 0 Å². The highest BCUT2D eigenvalue weighted by Crippen LogP contribution is 2.45. The molecular formula is C30H30F2N8O3. The molecule has 11 nitrogen and oxygen atoms in total. The number of piperidine rings is 1. The normalized spacial score (nSPS) is 19.0. The highest BCUT2D eigenvalue weighted by atomic mass is 19.2. The standard InChI is InChI=1S/C30H30F2N8O3/c1-33-20-9-19(31)24(32)22-23-26(39-7-5-14-4-6-38(3)21(14)13-39)17(11-35-28(23)37-25(20)22)15-8-16-27(41)18(30(42)43)12-40(34-2)29(16)36-10-15/h8-12,14,21,33-34H,4-7,13H2,1-3H3,(H,35,37)(H,42,43)/t14-,21+/m0/s1. The Kier molecular flexibility index (Phi) is 6.24. The molecule has 13 heteroatoms. The van der Waals surface area contributed by atoms with Crippen molar-refractivity contribution in [1.82, 2.24) is 24.5 Å². The number of anilines is 2. The average molecular weight is 589 g/mol. The Bertz CT molecular complexity index is 2020. The van der Waals surface area contributed by atoms with Gasteiger partial charge in [0.25, 0.3) is 0 Å². The molecule has 5 aromatic rings. The van der Waals surface area contributed by atoms with Gasteiger partial charge in [-0.15, -0.1) is 0 Å². The molecule has 0 bridgehead atoms. The maximum absolute atomic E-state index is 15.7. The number of halogens is 2. The number of carboxylic acids is 1. The fraction of sp³-hybridized carbons (Fsp3) is 0.333. The van der Waals surface area contributed by atoms with Crippen LogP contribution in [0.15, 0.2) is 35.5 Å². The molecule has 0 amide bonds. The minimum Gasteiger partial charge on any atom is -0.477 e. The summed E-state index contributed by atoms with van der Waals surface area (Å²) in [5.41, 5.74) is 4.95. The Morgan fingerprint density at radius 3 is 2.65 bits per heavy atom. The number of nitrogens with one attached hydrogen (secondary N) is 3. The molecule has 7 rings (SSSR count). The van der Waals surface area contributed by atoms with E-state index in [0.29, 0.717) is 64.1 Å². The Morgan fingerprint density at radius 1 is 1.12 bits per heavy atom. The first kappa shape index (κ1) is 27.1. The number of benzene rings is 1. The largest absolute Gasteiger partial charge is 0.477 e. The minimum absolute atomic E-state index is 0.0880. The highest BCUT2D eigenvalue weighted by Gasteiger charge is 2.38. The van der Waals surface area contributed by atoms with E-state index in [1.54, 1.807) is 32.6 Å². The van der Waals surface area contributed by atoms with Crippen molar-refractivity contribution < 1.29 is 18.7 Å². The van der Waals surface area contributed by atoms with Crippen molar-refractivity contribution >= 4 is 50.3 Å². The van der Waals surface area contributed by atoms with E-state index in [-0.39, 0.29) is 16.4 Å². The number of aromatic amines is 1. The van der Waals surface area contributed by atoms with Crippen LogP contribution in [0.3, 0.4) is 0 Å². The maximum Gasteiger partial charge on any atom is 0.341 e. The highest BCUT2D eigenvalue weighted by molar-refractivity contribution is 6.18. The Labute approximate surface area is 244 Å². The van der Waals surface area contributed by atoms with Crippen molar-refractivity contribution in [3.05, 3.63) is 58.1 Å². The summed E-state index contributed by atoms with van der Waals surface area (Å²) in [5, 5.41) is 13.2. The summed E-state index contributed by atoms with van der Waals surface area (Å²) < 4.78 is 32.0. The fourth-order valence-corrected chi connectivity index (χ4v) is 6.91. The Hall–Kier alpha value is -4.78. The zero-order chi connectivity index (χ0) is 30.2. The molecule has 4 aromatic heterocycles. The third-order valence-electron chi connectivity index (χ3n) is 9.11. The lowest BCUT2D eigenvalue weighted by atomic mass is 9.90. The van der Waals surface area contributed by atoms with Gasteiger partial charge in [0, 0.05) is 69.0 Å². The summed E-state index contributed by atoms with van der Waals surface area (Å²) in [6.07, 6.45) is 6.48. The zero-order valence-corrected chi connectivity index (χ0v) is 23.8. The number of hydrogen-bond acceptors (Lipinski definition) is 8. The number of pyridine rings is 3. The van der Waals surface area contributed by atoms with Gasteiger partial charge < -0.3 is 30.6 Å². The summed E-state index contributed by atoms with van der Waals surface area (Å²) in [4.78, 5) is 42.0. The van der Waals surface area contributed by atoms with Gasteiger partial charge in [-0.05, 0) is 38.4 Å². The third kappa shape index (κ3) is 4.02.